The number of anilines is 1. The Balaban J connectivity index is 1.56. The molecule has 0 unspecified atom stereocenters. The molecule has 0 saturated carbocycles. The van der Waals surface area contributed by atoms with Gasteiger partial charge in [-0.1, -0.05) is 30.3 Å². The summed E-state index contributed by atoms with van der Waals surface area (Å²) in [6.07, 6.45) is 2.18. The third-order valence-electron chi connectivity index (χ3n) is 3.46. The van der Waals surface area contributed by atoms with Gasteiger partial charge in [0.2, 0.25) is 5.91 Å². The summed E-state index contributed by atoms with van der Waals surface area (Å²) in [5, 5.41) is 2.95. The first-order valence-corrected chi connectivity index (χ1v) is 6.91. The van der Waals surface area contributed by atoms with Crippen molar-refractivity contribution in [2.24, 2.45) is 0 Å². The number of carbonyl (C=O) groups is 1. The minimum absolute atomic E-state index is 0.0488. The minimum Gasteiger partial charge on any atom is -0.493 e. The van der Waals surface area contributed by atoms with E-state index in [1.54, 1.807) is 0 Å². The van der Waals surface area contributed by atoms with Gasteiger partial charge in [-0.15, -0.1) is 0 Å². The van der Waals surface area contributed by atoms with E-state index in [-0.39, 0.29) is 5.91 Å². The standard InChI is InChI=1S/C17H17NO2/c19-17(9-6-13-4-2-1-3-5-13)18-15-7-8-16-14(12-15)10-11-20-16/h1-5,7-8,12H,6,9-11H2,(H,18,19). The Hall–Kier alpha value is -2.29. The van der Waals surface area contributed by atoms with Crippen LogP contribution in [0.1, 0.15) is 17.5 Å². The van der Waals surface area contributed by atoms with Crippen LogP contribution in [0.3, 0.4) is 0 Å². The molecular formula is C17H17NO2. The maximum atomic E-state index is 11.9. The van der Waals surface area contributed by atoms with Gasteiger partial charge in [0.25, 0.3) is 0 Å². The third kappa shape index (κ3) is 2.99. The second-order valence-corrected chi connectivity index (χ2v) is 4.95. The van der Waals surface area contributed by atoms with Gasteiger partial charge in [0, 0.05) is 18.5 Å². The van der Waals surface area contributed by atoms with Crippen LogP contribution in [0.2, 0.25) is 0 Å². The predicted octanol–water partition coefficient (Wildman–Crippen LogP) is 3.19. The van der Waals surface area contributed by atoms with Crippen LogP contribution >= 0.6 is 0 Å². The SMILES string of the molecule is O=C(CCc1ccccc1)Nc1ccc2c(c1)CCO2. The molecule has 0 aliphatic carbocycles. The van der Waals surface area contributed by atoms with Crippen molar-refractivity contribution in [1.82, 2.24) is 0 Å². The number of fused-ring (bicyclic) bond motifs is 1. The molecule has 1 aliphatic heterocycles. The molecule has 2 aromatic rings. The van der Waals surface area contributed by atoms with Crippen molar-refractivity contribution in [2.75, 3.05) is 11.9 Å². The lowest BCUT2D eigenvalue weighted by Crippen LogP contribution is -2.12. The van der Waals surface area contributed by atoms with Gasteiger partial charge < -0.3 is 10.1 Å². The quantitative estimate of drug-likeness (QED) is 0.924. The molecule has 0 radical (unpaired) electrons. The van der Waals surface area contributed by atoms with Crippen LogP contribution in [0.4, 0.5) is 5.69 Å². The first kappa shape index (κ1) is 12.7. The van der Waals surface area contributed by atoms with E-state index in [9.17, 15) is 4.79 Å². The predicted molar refractivity (Wildman–Crippen MR) is 79.0 cm³/mol. The van der Waals surface area contributed by atoms with E-state index in [4.69, 9.17) is 4.74 Å². The van der Waals surface area contributed by atoms with Crippen LogP contribution in [0.5, 0.6) is 5.75 Å². The molecule has 0 spiro atoms. The molecule has 3 rings (SSSR count). The molecule has 2 aromatic carbocycles. The van der Waals surface area contributed by atoms with E-state index < -0.39 is 0 Å². The molecule has 102 valence electrons. The van der Waals surface area contributed by atoms with E-state index in [1.165, 1.54) is 11.1 Å². The van der Waals surface area contributed by atoms with Gasteiger partial charge in [-0.25, -0.2) is 0 Å². The number of amides is 1. The van der Waals surface area contributed by atoms with E-state index in [0.29, 0.717) is 6.42 Å². The van der Waals surface area contributed by atoms with Gasteiger partial charge in [0.1, 0.15) is 5.75 Å². The molecule has 0 fully saturated rings. The highest BCUT2D eigenvalue weighted by molar-refractivity contribution is 5.91. The number of hydrogen-bond donors (Lipinski definition) is 1. The summed E-state index contributed by atoms with van der Waals surface area (Å²) in [6.45, 7) is 0.737. The van der Waals surface area contributed by atoms with Crippen molar-refractivity contribution in [1.29, 1.82) is 0 Å². The van der Waals surface area contributed by atoms with Crippen molar-refractivity contribution >= 4 is 11.6 Å². The number of aryl methyl sites for hydroxylation is 1. The van der Waals surface area contributed by atoms with E-state index >= 15 is 0 Å². The minimum atomic E-state index is 0.0488. The summed E-state index contributed by atoms with van der Waals surface area (Å²) in [6, 6.07) is 15.9. The summed E-state index contributed by atoms with van der Waals surface area (Å²) < 4.78 is 5.45. The monoisotopic (exact) mass is 267 g/mol. The fourth-order valence-electron chi connectivity index (χ4n) is 2.39. The van der Waals surface area contributed by atoms with Crippen LogP contribution in [0.25, 0.3) is 0 Å². The zero-order valence-electron chi connectivity index (χ0n) is 11.3. The highest BCUT2D eigenvalue weighted by Gasteiger charge is 2.12. The second kappa shape index (κ2) is 5.78. The Kier molecular flexibility index (Phi) is 3.68. The van der Waals surface area contributed by atoms with E-state index in [2.05, 4.69) is 5.32 Å². The fraction of sp³-hybridized carbons (Fsp3) is 0.235. The summed E-state index contributed by atoms with van der Waals surface area (Å²) in [5.41, 5.74) is 3.21. The number of ether oxygens (including phenoxy) is 1. The van der Waals surface area contributed by atoms with Gasteiger partial charge in [0.05, 0.1) is 6.61 Å². The molecule has 1 heterocycles. The molecular weight excluding hydrogens is 250 g/mol. The Bertz CT molecular complexity index is 608. The third-order valence-corrected chi connectivity index (χ3v) is 3.46. The topological polar surface area (TPSA) is 38.3 Å². The summed E-state index contributed by atoms with van der Waals surface area (Å²) in [4.78, 5) is 11.9. The average molecular weight is 267 g/mol. The molecule has 0 bridgehead atoms. The highest BCUT2D eigenvalue weighted by Crippen LogP contribution is 2.27. The number of hydrogen-bond acceptors (Lipinski definition) is 2. The van der Waals surface area contributed by atoms with E-state index in [0.717, 1.165) is 30.9 Å². The number of nitrogens with one attached hydrogen (secondary N) is 1. The number of carbonyl (C=O) groups excluding carboxylic acids is 1. The molecule has 3 heteroatoms. The fourth-order valence-corrected chi connectivity index (χ4v) is 2.39. The first-order chi connectivity index (χ1) is 9.81. The van der Waals surface area contributed by atoms with Crippen molar-refractivity contribution in [3.63, 3.8) is 0 Å². The summed E-state index contributed by atoms with van der Waals surface area (Å²) >= 11 is 0. The smallest absolute Gasteiger partial charge is 0.224 e. The summed E-state index contributed by atoms with van der Waals surface area (Å²) in [7, 11) is 0. The Morgan fingerprint density at radius 2 is 2.00 bits per heavy atom. The van der Waals surface area contributed by atoms with Gasteiger partial charge in [-0.2, -0.15) is 0 Å². The normalized spacial score (nSPS) is 12.6. The molecule has 0 saturated heterocycles. The molecule has 1 N–H and O–H groups in total. The maximum absolute atomic E-state index is 11.9. The number of rotatable bonds is 4. The van der Waals surface area contributed by atoms with Gasteiger partial charge in [0.15, 0.2) is 0 Å². The van der Waals surface area contributed by atoms with Gasteiger partial charge in [-0.05, 0) is 35.7 Å². The Labute approximate surface area is 118 Å². The van der Waals surface area contributed by atoms with Crippen LogP contribution < -0.4 is 10.1 Å². The zero-order chi connectivity index (χ0) is 13.8. The molecule has 20 heavy (non-hydrogen) atoms. The molecule has 1 amide bonds. The maximum Gasteiger partial charge on any atom is 0.224 e. The van der Waals surface area contributed by atoms with Crippen molar-refractivity contribution in [3.05, 3.63) is 59.7 Å². The Morgan fingerprint density at radius 1 is 1.15 bits per heavy atom. The zero-order valence-corrected chi connectivity index (χ0v) is 11.3. The highest BCUT2D eigenvalue weighted by atomic mass is 16.5. The largest absolute Gasteiger partial charge is 0.493 e. The van der Waals surface area contributed by atoms with Crippen molar-refractivity contribution in [2.45, 2.75) is 19.3 Å². The first-order valence-electron chi connectivity index (χ1n) is 6.91. The number of benzene rings is 2. The second-order valence-electron chi connectivity index (χ2n) is 4.95. The van der Waals surface area contributed by atoms with Crippen LogP contribution in [-0.2, 0) is 17.6 Å². The van der Waals surface area contributed by atoms with Gasteiger partial charge >= 0.3 is 0 Å². The Morgan fingerprint density at radius 3 is 2.85 bits per heavy atom. The molecule has 0 aromatic heterocycles. The van der Waals surface area contributed by atoms with Crippen LogP contribution in [-0.4, -0.2) is 12.5 Å². The summed E-state index contributed by atoms with van der Waals surface area (Å²) in [5.74, 6) is 0.986. The molecule has 1 aliphatic rings. The lowest BCUT2D eigenvalue weighted by molar-refractivity contribution is -0.116. The van der Waals surface area contributed by atoms with E-state index in [1.807, 2.05) is 48.5 Å². The molecule has 3 nitrogen and oxygen atoms in total. The van der Waals surface area contributed by atoms with Crippen LogP contribution in [0, 0.1) is 0 Å². The van der Waals surface area contributed by atoms with Gasteiger partial charge in [-0.3, -0.25) is 4.79 Å². The lowest BCUT2D eigenvalue weighted by atomic mass is 10.1. The van der Waals surface area contributed by atoms with Crippen molar-refractivity contribution < 1.29 is 9.53 Å². The molecule has 0 atom stereocenters. The lowest BCUT2D eigenvalue weighted by Gasteiger charge is -2.07. The van der Waals surface area contributed by atoms with Crippen molar-refractivity contribution in [3.8, 4) is 5.75 Å². The van der Waals surface area contributed by atoms with Crippen LogP contribution in [0.15, 0.2) is 48.5 Å². The average Bonchev–Trinajstić information content (AvgIpc) is 2.94.